The zero-order chi connectivity index (χ0) is 13.4. The van der Waals surface area contributed by atoms with Crippen LogP contribution in [0.3, 0.4) is 0 Å². The summed E-state index contributed by atoms with van der Waals surface area (Å²) in [5.41, 5.74) is 3.05. The molecule has 4 rings (SSSR count). The predicted octanol–water partition coefficient (Wildman–Crippen LogP) is 3.63. The summed E-state index contributed by atoms with van der Waals surface area (Å²) in [5.74, 6) is 0.588. The molecule has 0 aliphatic carbocycles. The summed E-state index contributed by atoms with van der Waals surface area (Å²) in [6.45, 7) is 0. The molecular formula is C16H12N4. The van der Waals surface area contributed by atoms with E-state index in [9.17, 15) is 0 Å². The van der Waals surface area contributed by atoms with Gasteiger partial charge in [0.15, 0.2) is 0 Å². The van der Waals surface area contributed by atoms with Crippen LogP contribution in [-0.2, 0) is 0 Å². The van der Waals surface area contributed by atoms with Crippen LogP contribution in [0, 0.1) is 0 Å². The normalized spacial score (nSPS) is 11.0. The van der Waals surface area contributed by atoms with E-state index in [1.165, 1.54) is 5.39 Å². The first-order valence-electron chi connectivity index (χ1n) is 6.46. The Morgan fingerprint density at radius 3 is 2.60 bits per heavy atom. The van der Waals surface area contributed by atoms with Gasteiger partial charge in [0.1, 0.15) is 0 Å². The fourth-order valence-electron chi connectivity index (χ4n) is 2.32. The molecule has 0 saturated heterocycles. The number of hydrogen-bond acceptors (Lipinski definition) is 3. The summed E-state index contributed by atoms with van der Waals surface area (Å²) in [4.78, 5) is 4.35. The lowest BCUT2D eigenvalue weighted by atomic mass is 10.2. The van der Waals surface area contributed by atoms with Crippen LogP contribution in [-0.4, -0.2) is 14.6 Å². The number of rotatable bonds is 2. The average molecular weight is 260 g/mol. The summed E-state index contributed by atoms with van der Waals surface area (Å²) in [7, 11) is 0. The minimum Gasteiger partial charge on any atom is -0.323 e. The zero-order valence-corrected chi connectivity index (χ0v) is 10.7. The molecule has 0 unspecified atom stereocenters. The topological polar surface area (TPSA) is 42.2 Å². The van der Waals surface area contributed by atoms with Crippen LogP contribution in [0.25, 0.3) is 16.4 Å². The number of benzene rings is 2. The third-order valence-electron chi connectivity index (χ3n) is 3.26. The Morgan fingerprint density at radius 2 is 1.70 bits per heavy atom. The number of para-hydroxylation sites is 2. The molecule has 4 heteroatoms. The van der Waals surface area contributed by atoms with E-state index < -0.39 is 0 Å². The van der Waals surface area contributed by atoms with E-state index in [4.69, 9.17) is 0 Å². The average Bonchev–Trinajstić information content (AvgIpc) is 2.86. The van der Waals surface area contributed by atoms with Gasteiger partial charge < -0.3 is 5.32 Å². The van der Waals surface area contributed by atoms with Crippen molar-refractivity contribution in [3.05, 3.63) is 66.9 Å². The minimum absolute atomic E-state index is 0.588. The van der Waals surface area contributed by atoms with E-state index in [2.05, 4.69) is 33.6 Å². The third kappa shape index (κ3) is 1.78. The number of aromatic nitrogens is 3. The van der Waals surface area contributed by atoms with Gasteiger partial charge in [-0.05, 0) is 24.3 Å². The molecule has 96 valence electrons. The van der Waals surface area contributed by atoms with Gasteiger partial charge in [0, 0.05) is 11.1 Å². The molecule has 0 radical (unpaired) electrons. The van der Waals surface area contributed by atoms with Gasteiger partial charge in [-0.2, -0.15) is 0 Å². The van der Waals surface area contributed by atoms with Crippen LogP contribution >= 0.6 is 0 Å². The lowest BCUT2D eigenvalue weighted by Crippen LogP contribution is -2.01. The summed E-state index contributed by atoms with van der Waals surface area (Å²) in [6.07, 6.45) is 1.83. The summed E-state index contributed by atoms with van der Waals surface area (Å²) in [5, 5.41) is 8.93. The first-order chi connectivity index (χ1) is 9.90. The van der Waals surface area contributed by atoms with Gasteiger partial charge in [-0.25, -0.2) is 9.50 Å². The Kier molecular flexibility index (Phi) is 2.39. The molecule has 0 aliphatic heterocycles. The van der Waals surface area contributed by atoms with Crippen LogP contribution < -0.4 is 5.32 Å². The van der Waals surface area contributed by atoms with Gasteiger partial charge in [0.05, 0.1) is 17.2 Å². The van der Waals surface area contributed by atoms with Crippen LogP contribution in [0.1, 0.15) is 0 Å². The van der Waals surface area contributed by atoms with Crippen molar-refractivity contribution in [2.75, 3.05) is 5.32 Å². The Hall–Kier alpha value is -2.88. The maximum absolute atomic E-state index is 4.55. The fraction of sp³-hybridized carbons (Fsp3) is 0. The molecule has 0 amide bonds. The zero-order valence-electron chi connectivity index (χ0n) is 10.7. The predicted molar refractivity (Wildman–Crippen MR) is 80.2 cm³/mol. The van der Waals surface area contributed by atoms with Crippen LogP contribution in [0.15, 0.2) is 66.9 Å². The molecule has 20 heavy (non-hydrogen) atoms. The van der Waals surface area contributed by atoms with E-state index in [0.717, 1.165) is 16.7 Å². The second-order valence-corrected chi connectivity index (χ2v) is 4.61. The van der Waals surface area contributed by atoms with Crippen molar-refractivity contribution in [1.82, 2.24) is 14.6 Å². The lowest BCUT2D eigenvalue weighted by molar-refractivity contribution is 0.940. The van der Waals surface area contributed by atoms with Crippen molar-refractivity contribution in [1.29, 1.82) is 0 Å². The van der Waals surface area contributed by atoms with Crippen molar-refractivity contribution in [3.8, 4) is 0 Å². The largest absolute Gasteiger partial charge is 0.323 e. The monoisotopic (exact) mass is 260 g/mol. The molecule has 4 nitrogen and oxygen atoms in total. The fourth-order valence-corrected chi connectivity index (χ4v) is 2.32. The molecule has 0 aliphatic rings. The molecule has 0 saturated carbocycles. The van der Waals surface area contributed by atoms with Crippen LogP contribution in [0.5, 0.6) is 0 Å². The van der Waals surface area contributed by atoms with Crippen molar-refractivity contribution >= 4 is 28.1 Å². The van der Waals surface area contributed by atoms with E-state index >= 15 is 0 Å². The molecule has 1 N–H and O–H groups in total. The van der Waals surface area contributed by atoms with Gasteiger partial charge in [0.2, 0.25) is 5.95 Å². The second kappa shape index (κ2) is 4.35. The van der Waals surface area contributed by atoms with Crippen LogP contribution in [0.4, 0.5) is 11.6 Å². The maximum atomic E-state index is 4.55. The van der Waals surface area contributed by atoms with Gasteiger partial charge in [-0.3, -0.25) is 0 Å². The van der Waals surface area contributed by atoms with Crippen molar-refractivity contribution in [2.45, 2.75) is 0 Å². The first-order valence-corrected chi connectivity index (χ1v) is 6.46. The van der Waals surface area contributed by atoms with Crippen LogP contribution in [0.2, 0.25) is 0 Å². The third-order valence-corrected chi connectivity index (χ3v) is 3.26. The summed E-state index contributed by atoms with van der Waals surface area (Å²) < 4.78 is 1.91. The highest BCUT2D eigenvalue weighted by Gasteiger charge is 2.05. The standard InChI is InChI=1S/C16H12N4/c1-2-7-13(8-3-1)18-16-17-11-14-10-12-6-4-5-9-15(12)20(14)19-16/h1-11H,(H,18,19). The number of hydrogen-bond donors (Lipinski definition) is 1. The SMILES string of the molecule is c1ccc(Nc2ncc3cc4ccccc4n3n2)cc1. The second-order valence-electron chi connectivity index (χ2n) is 4.61. The highest BCUT2D eigenvalue weighted by molar-refractivity contribution is 5.86. The van der Waals surface area contributed by atoms with E-state index in [1.54, 1.807) is 0 Å². The summed E-state index contributed by atoms with van der Waals surface area (Å²) >= 11 is 0. The van der Waals surface area contributed by atoms with Gasteiger partial charge in [-0.1, -0.05) is 36.4 Å². The van der Waals surface area contributed by atoms with Gasteiger partial charge >= 0.3 is 0 Å². The Labute approximate surface area is 115 Å². The van der Waals surface area contributed by atoms with Crippen molar-refractivity contribution in [2.24, 2.45) is 0 Å². The molecule has 0 fully saturated rings. The van der Waals surface area contributed by atoms with E-state index in [-0.39, 0.29) is 0 Å². The lowest BCUT2D eigenvalue weighted by Gasteiger charge is -2.04. The van der Waals surface area contributed by atoms with Crippen molar-refractivity contribution < 1.29 is 0 Å². The van der Waals surface area contributed by atoms with Gasteiger partial charge in [-0.15, -0.1) is 5.10 Å². The molecule has 0 bridgehead atoms. The molecule has 2 aromatic carbocycles. The maximum Gasteiger partial charge on any atom is 0.245 e. The van der Waals surface area contributed by atoms with Gasteiger partial charge in [0.25, 0.3) is 0 Å². The Morgan fingerprint density at radius 1 is 0.900 bits per heavy atom. The number of anilines is 2. The number of fused-ring (bicyclic) bond motifs is 3. The minimum atomic E-state index is 0.588. The molecular weight excluding hydrogens is 248 g/mol. The van der Waals surface area contributed by atoms with E-state index in [0.29, 0.717) is 5.95 Å². The Bertz CT molecular complexity index is 881. The van der Waals surface area contributed by atoms with Crippen molar-refractivity contribution in [3.63, 3.8) is 0 Å². The summed E-state index contributed by atoms with van der Waals surface area (Å²) in [6, 6.07) is 20.2. The Balaban J connectivity index is 1.83. The first kappa shape index (κ1) is 11.0. The highest BCUT2D eigenvalue weighted by Crippen LogP contribution is 2.19. The van der Waals surface area contributed by atoms with E-state index in [1.807, 2.05) is 53.2 Å². The smallest absolute Gasteiger partial charge is 0.245 e. The number of nitrogens with one attached hydrogen (secondary N) is 1. The molecule has 2 aromatic heterocycles. The highest BCUT2D eigenvalue weighted by atomic mass is 15.3. The molecule has 0 atom stereocenters. The molecule has 2 heterocycles. The number of nitrogens with zero attached hydrogens (tertiary/aromatic N) is 3. The molecule has 4 aromatic rings. The molecule has 0 spiro atoms. The quantitative estimate of drug-likeness (QED) is 0.598.